The van der Waals surface area contributed by atoms with Gasteiger partial charge in [0.25, 0.3) is 0 Å². The van der Waals surface area contributed by atoms with Crippen LogP contribution < -0.4 is 0 Å². The summed E-state index contributed by atoms with van der Waals surface area (Å²) in [4.78, 5) is 43.3. The number of carbonyl (C=O) groups is 3. The summed E-state index contributed by atoms with van der Waals surface area (Å²) >= 11 is 1.59. The first-order valence-corrected chi connectivity index (χ1v) is 12.9. The van der Waals surface area contributed by atoms with E-state index in [0.717, 1.165) is 32.1 Å². The lowest BCUT2D eigenvalue weighted by atomic mass is 9.66. The number of aliphatic hydroxyl groups excluding tert-OH is 1. The normalized spacial score (nSPS) is 32.9. The lowest BCUT2D eigenvalue weighted by molar-refractivity contribution is -0.149. The van der Waals surface area contributed by atoms with Crippen LogP contribution in [-0.4, -0.2) is 80.1 Å². The van der Waals surface area contributed by atoms with Crippen LogP contribution >= 0.6 is 11.8 Å². The lowest BCUT2D eigenvalue weighted by Crippen LogP contribution is -2.57. The zero-order valence-electron chi connectivity index (χ0n) is 19.4. The van der Waals surface area contributed by atoms with Crippen LogP contribution in [-0.2, 0) is 14.4 Å². The highest BCUT2D eigenvalue weighted by Gasteiger charge is 2.76. The van der Waals surface area contributed by atoms with Crippen molar-refractivity contribution in [1.82, 2.24) is 9.80 Å². The Balaban J connectivity index is 1.96. The SMILES string of the molecule is C=CCN(CCCCC)C(=O)C1N(CCCCCO)C(=O)[C@@H]2[C@H](C(=O)O)[C@@H]3CC(C)C12S3. The number of hydrogen-bond donors (Lipinski definition) is 2. The second-order valence-electron chi connectivity index (χ2n) is 9.49. The molecule has 0 aromatic rings. The van der Waals surface area contributed by atoms with Gasteiger partial charge in [-0.05, 0) is 38.0 Å². The Bertz CT molecular complexity index is 731. The minimum Gasteiger partial charge on any atom is -0.481 e. The van der Waals surface area contributed by atoms with E-state index >= 15 is 0 Å². The third-order valence-corrected chi connectivity index (χ3v) is 9.59. The Morgan fingerprint density at radius 1 is 1.28 bits per heavy atom. The van der Waals surface area contributed by atoms with Crippen molar-refractivity contribution in [3.63, 3.8) is 0 Å². The molecule has 2 bridgehead atoms. The summed E-state index contributed by atoms with van der Waals surface area (Å²) in [6.07, 6.45) is 7.53. The van der Waals surface area contributed by atoms with E-state index in [1.165, 1.54) is 0 Å². The Labute approximate surface area is 195 Å². The molecule has 3 aliphatic rings. The molecule has 8 heteroatoms. The molecule has 2 amide bonds. The maximum absolute atomic E-state index is 14.0. The summed E-state index contributed by atoms with van der Waals surface area (Å²) in [5, 5.41) is 19.0. The molecule has 7 nitrogen and oxygen atoms in total. The van der Waals surface area contributed by atoms with Crippen LogP contribution in [0.4, 0.5) is 0 Å². The van der Waals surface area contributed by atoms with Gasteiger partial charge in [-0.25, -0.2) is 0 Å². The van der Waals surface area contributed by atoms with Crippen LogP contribution in [0.1, 0.15) is 58.8 Å². The van der Waals surface area contributed by atoms with Crippen molar-refractivity contribution in [3.05, 3.63) is 12.7 Å². The largest absolute Gasteiger partial charge is 0.481 e. The minimum atomic E-state index is -0.922. The number of hydrogen-bond acceptors (Lipinski definition) is 5. The van der Waals surface area contributed by atoms with Gasteiger partial charge in [0.15, 0.2) is 0 Å². The van der Waals surface area contributed by atoms with Crippen LogP contribution in [0.3, 0.4) is 0 Å². The van der Waals surface area contributed by atoms with Gasteiger partial charge in [-0.15, -0.1) is 18.3 Å². The number of unbranched alkanes of at least 4 members (excludes halogenated alkanes) is 4. The molecular formula is C24H38N2O5S. The fourth-order valence-corrected chi connectivity index (χ4v) is 8.47. The molecule has 3 aliphatic heterocycles. The summed E-state index contributed by atoms with van der Waals surface area (Å²) in [6.45, 7) is 9.59. The highest BCUT2D eigenvalue weighted by molar-refractivity contribution is 8.02. The number of aliphatic carboxylic acids is 1. The van der Waals surface area contributed by atoms with Crippen molar-refractivity contribution in [2.75, 3.05) is 26.2 Å². The van der Waals surface area contributed by atoms with E-state index in [0.29, 0.717) is 32.5 Å². The number of fused-ring (bicyclic) bond motifs is 1. The summed E-state index contributed by atoms with van der Waals surface area (Å²) in [5.74, 6) is -2.44. The van der Waals surface area contributed by atoms with Crippen molar-refractivity contribution in [2.24, 2.45) is 17.8 Å². The minimum absolute atomic E-state index is 0.0648. The van der Waals surface area contributed by atoms with Gasteiger partial charge < -0.3 is 20.0 Å². The zero-order valence-corrected chi connectivity index (χ0v) is 20.2. The molecule has 0 aromatic carbocycles. The van der Waals surface area contributed by atoms with E-state index in [2.05, 4.69) is 20.4 Å². The fourth-order valence-electron chi connectivity index (χ4n) is 6.07. The Kier molecular flexibility index (Phi) is 8.31. The van der Waals surface area contributed by atoms with Gasteiger partial charge in [0, 0.05) is 31.5 Å². The molecule has 0 radical (unpaired) electrons. The summed E-state index contributed by atoms with van der Waals surface area (Å²) < 4.78 is -0.678. The van der Waals surface area contributed by atoms with Crippen molar-refractivity contribution in [2.45, 2.75) is 74.8 Å². The van der Waals surface area contributed by atoms with Gasteiger partial charge in [-0.3, -0.25) is 14.4 Å². The van der Waals surface area contributed by atoms with E-state index < -0.39 is 28.6 Å². The van der Waals surface area contributed by atoms with Gasteiger partial charge in [0.05, 0.1) is 16.6 Å². The number of carboxylic acids is 1. The molecular weight excluding hydrogens is 428 g/mol. The number of likely N-dealkylation sites (tertiary alicyclic amines) is 1. The van der Waals surface area contributed by atoms with E-state index in [4.69, 9.17) is 5.11 Å². The number of carbonyl (C=O) groups excluding carboxylic acids is 2. The van der Waals surface area contributed by atoms with E-state index in [1.54, 1.807) is 22.7 Å². The van der Waals surface area contributed by atoms with Gasteiger partial charge in [0.1, 0.15) is 6.04 Å². The van der Waals surface area contributed by atoms with E-state index in [-0.39, 0.29) is 29.6 Å². The van der Waals surface area contributed by atoms with Crippen molar-refractivity contribution in [3.8, 4) is 0 Å². The molecule has 3 rings (SSSR count). The zero-order chi connectivity index (χ0) is 23.5. The molecule has 6 atom stereocenters. The summed E-state index contributed by atoms with van der Waals surface area (Å²) in [5.41, 5.74) is 0. The Hall–Kier alpha value is -1.54. The lowest BCUT2D eigenvalue weighted by Gasteiger charge is -2.40. The quantitative estimate of drug-likeness (QED) is 0.320. The van der Waals surface area contributed by atoms with Crippen LogP contribution in [0, 0.1) is 17.8 Å². The molecule has 2 N–H and O–H groups in total. The molecule has 32 heavy (non-hydrogen) atoms. The van der Waals surface area contributed by atoms with E-state index in [9.17, 15) is 19.5 Å². The third-order valence-electron chi connectivity index (χ3n) is 7.51. The number of amides is 2. The average molecular weight is 467 g/mol. The number of carboxylic acid groups (broad SMARTS) is 1. The van der Waals surface area contributed by atoms with Crippen molar-refractivity contribution >= 4 is 29.5 Å². The molecule has 3 heterocycles. The third kappa shape index (κ3) is 4.20. The molecule has 0 saturated carbocycles. The first-order valence-electron chi connectivity index (χ1n) is 12.1. The van der Waals surface area contributed by atoms with Crippen LogP contribution in [0.25, 0.3) is 0 Å². The average Bonchev–Trinajstić information content (AvgIpc) is 3.34. The maximum Gasteiger partial charge on any atom is 0.308 e. The Morgan fingerprint density at radius 3 is 2.66 bits per heavy atom. The number of aliphatic hydroxyl groups is 1. The standard InChI is InChI=1S/C24H38N2O5S/c1-4-6-8-12-25(11-5-2)22(29)20-24-16(3)15-17(32-24)18(23(30)31)19(24)21(28)26(20)13-9-7-10-14-27/h5,16-20,27H,2,4,6-15H2,1,3H3,(H,30,31)/t16?,17-,18+,19-,20?,24?/m0/s1. The molecule has 3 fully saturated rings. The van der Waals surface area contributed by atoms with Crippen molar-refractivity contribution in [1.29, 1.82) is 0 Å². The molecule has 180 valence electrons. The predicted molar refractivity (Wildman–Crippen MR) is 125 cm³/mol. The van der Waals surface area contributed by atoms with Gasteiger partial charge in [0.2, 0.25) is 11.8 Å². The van der Waals surface area contributed by atoms with Gasteiger partial charge in [-0.2, -0.15) is 0 Å². The summed E-state index contributed by atoms with van der Waals surface area (Å²) in [6, 6.07) is -0.634. The number of rotatable bonds is 13. The number of thioether (sulfide) groups is 1. The van der Waals surface area contributed by atoms with Crippen LogP contribution in [0.2, 0.25) is 0 Å². The second kappa shape index (κ2) is 10.6. The molecule has 0 aromatic heterocycles. The molecule has 0 aliphatic carbocycles. The molecule has 3 saturated heterocycles. The second-order valence-corrected chi connectivity index (χ2v) is 11.0. The maximum atomic E-state index is 14.0. The van der Waals surface area contributed by atoms with Crippen LogP contribution in [0.15, 0.2) is 12.7 Å². The van der Waals surface area contributed by atoms with Crippen LogP contribution in [0.5, 0.6) is 0 Å². The predicted octanol–water partition coefficient (Wildman–Crippen LogP) is 2.78. The highest BCUT2D eigenvalue weighted by atomic mass is 32.2. The first kappa shape index (κ1) is 25.1. The fraction of sp³-hybridized carbons (Fsp3) is 0.792. The number of nitrogens with zero attached hydrogens (tertiary/aromatic N) is 2. The monoisotopic (exact) mass is 466 g/mol. The molecule has 3 unspecified atom stereocenters. The highest BCUT2D eigenvalue weighted by Crippen LogP contribution is 2.68. The first-order chi connectivity index (χ1) is 15.3. The Morgan fingerprint density at radius 2 is 2.03 bits per heavy atom. The topological polar surface area (TPSA) is 98.2 Å². The smallest absolute Gasteiger partial charge is 0.308 e. The summed E-state index contributed by atoms with van der Waals surface area (Å²) in [7, 11) is 0. The van der Waals surface area contributed by atoms with Gasteiger partial charge in [-0.1, -0.05) is 32.8 Å². The van der Waals surface area contributed by atoms with E-state index in [1.807, 2.05) is 4.90 Å². The van der Waals surface area contributed by atoms with Crippen molar-refractivity contribution < 1.29 is 24.6 Å². The molecule has 1 spiro atoms. The van der Waals surface area contributed by atoms with Gasteiger partial charge >= 0.3 is 5.97 Å².